The van der Waals surface area contributed by atoms with Crippen LogP contribution in [0.4, 0.5) is 0 Å². The molecule has 0 aliphatic carbocycles. The molecule has 5 heteroatoms. The number of nitrogens with one attached hydrogen (secondary N) is 1. The average molecular weight is 177 g/mol. The summed E-state index contributed by atoms with van der Waals surface area (Å²) < 4.78 is 23.1. The van der Waals surface area contributed by atoms with Crippen LogP contribution in [0.5, 0.6) is 0 Å². The summed E-state index contributed by atoms with van der Waals surface area (Å²) in [5, 5.41) is 0. The summed E-state index contributed by atoms with van der Waals surface area (Å²) in [6.07, 6.45) is 1.22. The standard InChI is InChI=1S/C6H11NO3S/c1-4-6(8)5(2)7-11(3,9)10/h7H,2,4H2,1,3H3. The Bertz CT molecular complexity index is 266. The molecule has 0 aliphatic rings. The minimum absolute atomic E-state index is 0.0741. The minimum atomic E-state index is -3.35. The van der Waals surface area contributed by atoms with E-state index in [0.717, 1.165) is 6.26 Å². The second kappa shape index (κ2) is 3.52. The Morgan fingerprint density at radius 2 is 2.00 bits per heavy atom. The van der Waals surface area contributed by atoms with E-state index in [1.165, 1.54) is 0 Å². The topological polar surface area (TPSA) is 63.2 Å². The molecule has 0 aliphatic heterocycles. The summed E-state index contributed by atoms with van der Waals surface area (Å²) in [5.41, 5.74) is -0.0741. The monoisotopic (exact) mass is 177 g/mol. The van der Waals surface area contributed by atoms with E-state index in [9.17, 15) is 13.2 Å². The number of hydrogen-bond acceptors (Lipinski definition) is 3. The van der Waals surface area contributed by atoms with Crippen molar-refractivity contribution in [2.75, 3.05) is 6.26 Å². The van der Waals surface area contributed by atoms with Gasteiger partial charge in [-0.25, -0.2) is 8.42 Å². The Morgan fingerprint density at radius 3 is 2.27 bits per heavy atom. The minimum Gasteiger partial charge on any atom is -0.293 e. The Hall–Kier alpha value is -0.840. The molecule has 0 radical (unpaired) electrons. The number of sulfonamides is 1. The molecule has 0 rings (SSSR count). The quantitative estimate of drug-likeness (QED) is 0.616. The normalized spacial score (nSPS) is 10.7. The molecule has 0 aromatic carbocycles. The highest BCUT2D eigenvalue weighted by Gasteiger charge is 2.08. The first-order chi connectivity index (χ1) is 4.87. The number of carbonyl (C=O) groups is 1. The van der Waals surface area contributed by atoms with Gasteiger partial charge in [-0.1, -0.05) is 13.5 Å². The van der Waals surface area contributed by atoms with Crippen LogP contribution in [0.25, 0.3) is 0 Å². The van der Waals surface area contributed by atoms with Crippen molar-refractivity contribution in [3.05, 3.63) is 12.3 Å². The third-order valence-corrected chi connectivity index (χ3v) is 1.58. The summed E-state index contributed by atoms with van der Waals surface area (Å²) in [6.45, 7) is 4.91. The molecule has 0 amide bonds. The van der Waals surface area contributed by atoms with E-state index in [-0.39, 0.29) is 17.9 Å². The maximum absolute atomic E-state index is 10.8. The zero-order chi connectivity index (χ0) is 9.07. The van der Waals surface area contributed by atoms with Gasteiger partial charge >= 0.3 is 0 Å². The lowest BCUT2D eigenvalue weighted by Gasteiger charge is -2.03. The van der Waals surface area contributed by atoms with Gasteiger partial charge in [-0.15, -0.1) is 0 Å². The second-order valence-electron chi connectivity index (χ2n) is 2.13. The van der Waals surface area contributed by atoms with E-state index in [1.807, 2.05) is 4.72 Å². The third kappa shape index (κ3) is 4.55. The van der Waals surface area contributed by atoms with Crippen LogP contribution in [-0.2, 0) is 14.8 Å². The van der Waals surface area contributed by atoms with Gasteiger partial charge in [0.2, 0.25) is 10.0 Å². The van der Waals surface area contributed by atoms with Crippen molar-refractivity contribution >= 4 is 15.8 Å². The SMILES string of the molecule is C=C(NS(C)(=O)=O)C(=O)CC. The third-order valence-electron chi connectivity index (χ3n) is 0.966. The summed E-state index contributed by atoms with van der Waals surface area (Å²) in [4.78, 5) is 10.8. The summed E-state index contributed by atoms with van der Waals surface area (Å²) >= 11 is 0. The van der Waals surface area contributed by atoms with E-state index in [0.29, 0.717) is 0 Å². The summed E-state index contributed by atoms with van der Waals surface area (Å²) in [6, 6.07) is 0. The number of Topliss-reactive ketones (excluding diaryl/α,β-unsaturated/α-hetero) is 1. The Kier molecular flexibility index (Phi) is 3.25. The Balaban J connectivity index is 4.22. The fourth-order valence-corrected chi connectivity index (χ4v) is 1.06. The van der Waals surface area contributed by atoms with Crippen molar-refractivity contribution in [3.8, 4) is 0 Å². The zero-order valence-electron chi connectivity index (χ0n) is 6.55. The van der Waals surface area contributed by atoms with Gasteiger partial charge in [0.05, 0.1) is 12.0 Å². The van der Waals surface area contributed by atoms with Gasteiger partial charge in [0.15, 0.2) is 5.78 Å². The van der Waals surface area contributed by atoms with Gasteiger partial charge in [-0.3, -0.25) is 9.52 Å². The maximum Gasteiger partial charge on any atom is 0.229 e. The average Bonchev–Trinajstić information content (AvgIpc) is 1.82. The highest BCUT2D eigenvalue weighted by molar-refractivity contribution is 7.88. The molecule has 4 nitrogen and oxygen atoms in total. The smallest absolute Gasteiger partial charge is 0.229 e. The number of carbonyl (C=O) groups excluding carboxylic acids is 1. The Morgan fingerprint density at radius 1 is 1.55 bits per heavy atom. The van der Waals surface area contributed by atoms with E-state index in [1.54, 1.807) is 6.92 Å². The molecule has 0 bridgehead atoms. The number of rotatable bonds is 4. The van der Waals surface area contributed by atoms with Gasteiger partial charge in [-0.05, 0) is 0 Å². The molecular weight excluding hydrogens is 166 g/mol. The summed E-state index contributed by atoms with van der Waals surface area (Å²) in [5.74, 6) is -0.296. The molecule has 0 saturated carbocycles. The molecule has 0 aromatic heterocycles. The van der Waals surface area contributed by atoms with E-state index < -0.39 is 10.0 Å². The van der Waals surface area contributed by atoms with Crippen molar-refractivity contribution in [1.82, 2.24) is 4.72 Å². The first kappa shape index (κ1) is 10.2. The van der Waals surface area contributed by atoms with Crippen LogP contribution >= 0.6 is 0 Å². The van der Waals surface area contributed by atoms with Crippen molar-refractivity contribution < 1.29 is 13.2 Å². The van der Waals surface area contributed by atoms with Gasteiger partial charge in [0, 0.05) is 6.42 Å². The zero-order valence-corrected chi connectivity index (χ0v) is 7.36. The molecule has 0 atom stereocenters. The number of ketones is 1. The predicted octanol–water partition coefficient (Wildman–Crippen LogP) is 0.0284. The summed E-state index contributed by atoms with van der Waals surface area (Å²) in [7, 11) is -3.35. The van der Waals surface area contributed by atoms with Crippen molar-refractivity contribution in [1.29, 1.82) is 0 Å². The molecule has 0 spiro atoms. The second-order valence-corrected chi connectivity index (χ2v) is 3.88. The van der Waals surface area contributed by atoms with Crippen LogP contribution in [0.1, 0.15) is 13.3 Å². The maximum atomic E-state index is 10.8. The highest BCUT2D eigenvalue weighted by atomic mass is 32.2. The van der Waals surface area contributed by atoms with E-state index >= 15 is 0 Å². The first-order valence-electron chi connectivity index (χ1n) is 3.06. The first-order valence-corrected chi connectivity index (χ1v) is 4.96. The molecule has 1 N–H and O–H groups in total. The largest absolute Gasteiger partial charge is 0.293 e. The van der Waals surface area contributed by atoms with Gasteiger partial charge in [-0.2, -0.15) is 0 Å². The molecule has 0 fully saturated rings. The van der Waals surface area contributed by atoms with Crippen LogP contribution < -0.4 is 4.72 Å². The van der Waals surface area contributed by atoms with Crippen LogP contribution in [0.15, 0.2) is 12.3 Å². The molecule has 0 saturated heterocycles. The molecular formula is C6H11NO3S. The van der Waals surface area contributed by atoms with Crippen molar-refractivity contribution in [3.63, 3.8) is 0 Å². The van der Waals surface area contributed by atoms with Gasteiger partial charge in [0.25, 0.3) is 0 Å². The number of allylic oxidation sites excluding steroid dienone is 1. The lowest BCUT2D eigenvalue weighted by atomic mass is 10.3. The fraction of sp³-hybridized carbons (Fsp3) is 0.500. The Labute approximate surface area is 66.3 Å². The van der Waals surface area contributed by atoms with Gasteiger partial charge in [0.1, 0.15) is 0 Å². The van der Waals surface area contributed by atoms with Crippen molar-refractivity contribution in [2.24, 2.45) is 0 Å². The molecule has 0 aromatic rings. The molecule has 11 heavy (non-hydrogen) atoms. The fourth-order valence-electron chi connectivity index (χ4n) is 0.494. The highest BCUT2D eigenvalue weighted by Crippen LogP contribution is 1.93. The number of hydrogen-bond donors (Lipinski definition) is 1. The lowest BCUT2D eigenvalue weighted by Crippen LogP contribution is -2.25. The van der Waals surface area contributed by atoms with E-state index in [2.05, 4.69) is 6.58 Å². The van der Waals surface area contributed by atoms with Crippen LogP contribution in [0, 0.1) is 0 Å². The van der Waals surface area contributed by atoms with Crippen LogP contribution in [0.3, 0.4) is 0 Å². The van der Waals surface area contributed by atoms with E-state index in [4.69, 9.17) is 0 Å². The molecule has 0 unspecified atom stereocenters. The molecule has 64 valence electrons. The lowest BCUT2D eigenvalue weighted by molar-refractivity contribution is -0.115. The predicted molar refractivity (Wildman–Crippen MR) is 42.4 cm³/mol. The van der Waals surface area contributed by atoms with Gasteiger partial charge < -0.3 is 0 Å². The van der Waals surface area contributed by atoms with Crippen LogP contribution in [0.2, 0.25) is 0 Å². The molecule has 0 heterocycles. The van der Waals surface area contributed by atoms with Crippen molar-refractivity contribution in [2.45, 2.75) is 13.3 Å². The van der Waals surface area contributed by atoms with Crippen LogP contribution in [-0.4, -0.2) is 20.5 Å².